The van der Waals surface area contributed by atoms with Crippen molar-refractivity contribution in [2.45, 2.75) is 17.7 Å². The van der Waals surface area contributed by atoms with Crippen molar-refractivity contribution in [3.05, 3.63) is 24.3 Å². The van der Waals surface area contributed by atoms with E-state index in [0.29, 0.717) is 11.1 Å². The summed E-state index contributed by atoms with van der Waals surface area (Å²) in [4.78, 5) is 4.42. The van der Waals surface area contributed by atoms with Crippen molar-refractivity contribution in [1.82, 2.24) is 4.98 Å². The molecule has 3 rings (SSSR count). The van der Waals surface area contributed by atoms with Crippen LogP contribution in [0.1, 0.15) is 6.42 Å². The van der Waals surface area contributed by atoms with Crippen molar-refractivity contribution >= 4 is 22.9 Å². The average Bonchev–Trinajstić information content (AvgIpc) is 3.04. The van der Waals surface area contributed by atoms with Gasteiger partial charge in [0.25, 0.3) is 5.22 Å². The molecule has 1 saturated heterocycles. The number of rotatable bonds is 4. The highest BCUT2D eigenvalue weighted by molar-refractivity contribution is 7.99. The summed E-state index contributed by atoms with van der Waals surface area (Å²) in [5.74, 6) is 1.29. The van der Waals surface area contributed by atoms with Crippen molar-refractivity contribution in [1.29, 1.82) is 0 Å². The third-order valence-electron chi connectivity index (χ3n) is 3.24. The Morgan fingerprint density at radius 3 is 3.11 bits per heavy atom. The van der Waals surface area contributed by atoms with E-state index in [2.05, 4.69) is 4.98 Å². The molecule has 0 spiro atoms. The molecule has 0 radical (unpaired) electrons. The highest BCUT2D eigenvalue weighted by atomic mass is 32.2. The lowest BCUT2D eigenvalue weighted by molar-refractivity contribution is 0.182. The molecule has 1 aromatic carbocycles. The normalized spacial score (nSPS) is 21.5. The van der Waals surface area contributed by atoms with Crippen LogP contribution in [0, 0.1) is 5.92 Å². The van der Waals surface area contributed by atoms with Crippen LogP contribution in [0.25, 0.3) is 11.1 Å². The summed E-state index contributed by atoms with van der Waals surface area (Å²) < 4.78 is 11.0. The number of fused-ring (bicyclic) bond motifs is 1. The first-order valence-electron chi connectivity index (χ1n) is 6.14. The predicted octanol–water partition coefficient (Wildman–Crippen LogP) is 2.28. The summed E-state index contributed by atoms with van der Waals surface area (Å²) in [6.07, 6.45) is 1.06. The molecule has 2 atom stereocenters. The standard InChI is InChI=1S/C13H16N2O2S/c14-10(9-5-6-16-7-9)8-18-13-15-11-3-1-2-4-12(11)17-13/h1-4,9-10H,5-8,14H2. The third kappa shape index (κ3) is 2.53. The van der Waals surface area contributed by atoms with E-state index < -0.39 is 0 Å². The topological polar surface area (TPSA) is 61.3 Å². The van der Waals surface area contributed by atoms with Crippen LogP contribution in [0.3, 0.4) is 0 Å². The summed E-state index contributed by atoms with van der Waals surface area (Å²) in [7, 11) is 0. The van der Waals surface area contributed by atoms with E-state index in [4.69, 9.17) is 14.9 Å². The molecule has 2 aromatic rings. The molecule has 0 amide bonds. The lowest BCUT2D eigenvalue weighted by Crippen LogP contribution is -2.32. The minimum atomic E-state index is 0.146. The number of nitrogens with zero attached hydrogens (tertiary/aromatic N) is 1. The lowest BCUT2D eigenvalue weighted by atomic mass is 10.0. The number of benzene rings is 1. The van der Waals surface area contributed by atoms with Crippen LogP contribution >= 0.6 is 11.8 Å². The summed E-state index contributed by atoms with van der Waals surface area (Å²) >= 11 is 1.58. The Balaban J connectivity index is 1.62. The Kier molecular flexibility index (Phi) is 3.54. The highest BCUT2D eigenvalue weighted by Crippen LogP contribution is 2.25. The molecule has 1 aliphatic heterocycles. The SMILES string of the molecule is NC(CSc1nc2ccccc2o1)C1CCOC1. The first kappa shape index (κ1) is 12.0. The number of para-hydroxylation sites is 2. The number of hydrogen-bond donors (Lipinski definition) is 1. The van der Waals surface area contributed by atoms with Gasteiger partial charge in [-0.15, -0.1) is 0 Å². The maximum absolute atomic E-state index is 6.15. The zero-order valence-electron chi connectivity index (χ0n) is 10.0. The van der Waals surface area contributed by atoms with Gasteiger partial charge in [0.2, 0.25) is 0 Å². The largest absolute Gasteiger partial charge is 0.431 e. The van der Waals surface area contributed by atoms with E-state index in [1.807, 2.05) is 24.3 Å². The summed E-state index contributed by atoms with van der Waals surface area (Å²) in [5.41, 5.74) is 7.88. The molecule has 2 heterocycles. The zero-order chi connectivity index (χ0) is 12.4. The Morgan fingerprint density at radius 2 is 2.33 bits per heavy atom. The van der Waals surface area contributed by atoms with E-state index in [9.17, 15) is 0 Å². The van der Waals surface area contributed by atoms with Gasteiger partial charge in [-0.2, -0.15) is 0 Å². The van der Waals surface area contributed by atoms with Gasteiger partial charge in [-0.05, 0) is 18.6 Å². The maximum Gasteiger partial charge on any atom is 0.256 e. The van der Waals surface area contributed by atoms with Crippen LogP contribution in [0.5, 0.6) is 0 Å². The molecule has 0 saturated carbocycles. The molecule has 0 aliphatic carbocycles. The molecule has 18 heavy (non-hydrogen) atoms. The van der Waals surface area contributed by atoms with Crippen LogP contribution in [0.4, 0.5) is 0 Å². The molecular weight excluding hydrogens is 248 g/mol. The van der Waals surface area contributed by atoms with Crippen LogP contribution < -0.4 is 5.73 Å². The number of ether oxygens (including phenoxy) is 1. The lowest BCUT2D eigenvalue weighted by Gasteiger charge is -2.15. The van der Waals surface area contributed by atoms with Gasteiger partial charge in [0.1, 0.15) is 5.52 Å². The molecule has 2 unspecified atom stereocenters. The monoisotopic (exact) mass is 264 g/mol. The van der Waals surface area contributed by atoms with Crippen molar-refractivity contribution in [3.8, 4) is 0 Å². The van der Waals surface area contributed by atoms with E-state index in [0.717, 1.165) is 36.5 Å². The Hall–Kier alpha value is -1.04. The average molecular weight is 264 g/mol. The first-order chi connectivity index (χ1) is 8.83. The molecule has 1 fully saturated rings. The van der Waals surface area contributed by atoms with E-state index in [1.165, 1.54) is 0 Å². The number of nitrogens with two attached hydrogens (primary N) is 1. The quantitative estimate of drug-likeness (QED) is 0.858. The van der Waals surface area contributed by atoms with Crippen molar-refractivity contribution in [3.63, 3.8) is 0 Å². The van der Waals surface area contributed by atoms with Crippen LogP contribution in [0.2, 0.25) is 0 Å². The second kappa shape index (κ2) is 5.30. The summed E-state index contributed by atoms with van der Waals surface area (Å²) in [6, 6.07) is 7.93. The molecule has 96 valence electrons. The third-order valence-corrected chi connectivity index (χ3v) is 4.22. The number of hydrogen-bond acceptors (Lipinski definition) is 5. The fraction of sp³-hybridized carbons (Fsp3) is 0.462. The molecule has 2 N–H and O–H groups in total. The number of oxazole rings is 1. The number of aromatic nitrogens is 1. The van der Waals surface area contributed by atoms with E-state index >= 15 is 0 Å². The van der Waals surface area contributed by atoms with Gasteiger partial charge in [-0.3, -0.25) is 0 Å². The van der Waals surface area contributed by atoms with E-state index in [1.54, 1.807) is 11.8 Å². The van der Waals surface area contributed by atoms with Crippen molar-refractivity contribution in [2.75, 3.05) is 19.0 Å². The Morgan fingerprint density at radius 1 is 1.44 bits per heavy atom. The summed E-state index contributed by atoms with van der Waals surface area (Å²) in [6.45, 7) is 1.63. The van der Waals surface area contributed by atoms with Crippen LogP contribution in [0.15, 0.2) is 33.9 Å². The Labute approximate surface area is 110 Å². The smallest absolute Gasteiger partial charge is 0.256 e. The van der Waals surface area contributed by atoms with Crippen LogP contribution in [-0.4, -0.2) is 30.0 Å². The minimum absolute atomic E-state index is 0.146. The first-order valence-corrected chi connectivity index (χ1v) is 7.13. The van der Waals surface area contributed by atoms with E-state index in [-0.39, 0.29) is 6.04 Å². The predicted molar refractivity (Wildman–Crippen MR) is 71.6 cm³/mol. The molecule has 0 bridgehead atoms. The van der Waals surface area contributed by atoms with Crippen molar-refractivity contribution < 1.29 is 9.15 Å². The summed E-state index contributed by atoms with van der Waals surface area (Å²) in [5, 5.41) is 0.700. The Bertz CT molecular complexity index is 489. The fourth-order valence-electron chi connectivity index (χ4n) is 2.11. The van der Waals surface area contributed by atoms with Gasteiger partial charge < -0.3 is 14.9 Å². The second-order valence-corrected chi connectivity index (χ2v) is 5.52. The minimum Gasteiger partial charge on any atom is -0.431 e. The zero-order valence-corrected chi connectivity index (χ0v) is 10.9. The second-order valence-electron chi connectivity index (χ2n) is 4.55. The van der Waals surface area contributed by atoms with Crippen molar-refractivity contribution in [2.24, 2.45) is 11.7 Å². The maximum atomic E-state index is 6.15. The van der Waals surface area contributed by atoms with Gasteiger partial charge in [0, 0.05) is 24.3 Å². The van der Waals surface area contributed by atoms with Crippen LogP contribution in [-0.2, 0) is 4.74 Å². The van der Waals surface area contributed by atoms with Gasteiger partial charge in [-0.25, -0.2) is 4.98 Å². The fourth-order valence-corrected chi connectivity index (χ4v) is 3.03. The molecule has 5 heteroatoms. The van der Waals surface area contributed by atoms with Gasteiger partial charge in [-0.1, -0.05) is 23.9 Å². The molecule has 1 aromatic heterocycles. The molecular formula is C13H16N2O2S. The van der Waals surface area contributed by atoms with Gasteiger partial charge >= 0.3 is 0 Å². The number of thioether (sulfide) groups is 1. The van der Waals surface area contributed by atoms with Gasteiger partial charge in [0.15, 0.2) is 5.58 Å². The van der Waals surface area contributed by atoms with Gasteiger partial charge in [0.05, 0.1) is 6.61 Å². The molecule has 1 aliphatic rings. The highest BCUT2D eigenvalue weighted by Gasteiger charge is 2.23. The molecule has 4 nitrogen and oxygen atoms in total.